The summed E-state index contributed by atoms with van der Waals surface area (Å²) in [7, 11) is -7.80. The van der Waals surface area contributed by atoms with Gasteiger partial charge in [-0.15, -0.1) is 0 Å². The van der Waals surface area contributed by atoms with E-state index in [4.69, 9.17) is 0 Å². The second-order valence-corrected chi connectivity index (χ2v) is 11.8. The van der Waals surface area contributed by atoms with Gasteiger partial charge in [0.15, 0.2) is 0 Å². The Morgan fingerprint density at radius 3 is 2.21 bits per heavy atom. The lowest BCUT2D eigenvalue weighted by Gasteiger charge is -2.30. The molecule has 0 saturated carbocycles. The molecule has 29 heavy (non-hydrogen) atoms. The van der Waals surface area contributed by atoms with Crippen LogP contribution in [0.4, 0.5) is 0 Å². The Kier molecular flexibility index (Phi) is 5.95. The number of nitrogens with zero attached hydrogens (tertiary/aromatic N) is 3. The Morgan fingerprint density at radius 1 is 1.03 bits per heavy atom. The maximum atomic E-state index is 13.2. The van der Waals surface area contributed by atoms with Crippen molar-refractivity contribution in [3.8, 4) is 0 Å². The zero-order chi connectivity index (χ0) is 21.6. The van der Waals surface area contributed by atoms with E-state index < -0.39 is 20.0 Å². The van der Waals surface area contributed by atoms with Crippen molar-refractivity contribution in [1.29, 1.82) is 0 Å². The molecular formula is C20H29N3O4S2. The maximum Gasteiger partial charge on any atom is 0.283 e. The summed E-state index contributed by atoms with van der Waals surface area (Å²) in [6.45, 7) is 10.0. The predicted octanol–water partition coefficient (Wildman–Crippen LogP) is 3.28. The second-order valence-electron chi connectivity index (χ2n) is 8.18. The van der Waals surface area contributed by atoms with Gasteiger partial charge in [-0.2, -0.15) is 21.9 Å². The lowest BCUT2D eigenvalue weighted by molar-refractivity contribution is 0.281. The molecule has 160 valence electrons. The number of hydrogen-bond acceptors (Lipinski definition) is 5. The summed E-state index contributed by atoms with van der Waals surface area (Å²) in [4.78, 5) is 0.0806. The summed E-state index contributed by atoms with van der Waals surface area (Å²) in [6.07, 6.45) is 1.79. The number of benzene rings is 1. The SMILES string of the molecule is Cc1nn(S(=O)(=O)c2ccc(C(C)C)cc2)c(C)c1S(=O)(=O)N1CCC[C@H](C)C1. The van der Waals surface area contributed by atoms with Gasteiger partial charge in [-0.1, -0.05) is 32.9 Å². The Labute approximate surface area is 173 Å². The highest BCUT2D eigenvalue weighted by atomic mass is 32.2. The third-order valence-electron chi connectivity index (χ3n) is 5.47. The third-order valence-corrected chi connectivity index (χ3v) is 9.27. The van der Waals surface area contributed by atoms with Gasteiger partial charge in [0.05, 0.1) is 16.3 Å². The molecule has 1 fully saturated rings. The molecule has 1 aromatic heterocycles. The Bertz CT molecular complexity index is 1100. The molecule has 0 radical (unpaired) electrons. The van der Waals surface area contributed by atoms with Crippen LogP contribution in [-0.2, 0) is 20.0 Å². The van der Waals surface area contributed by atoms with Crippen molar-refractivity contribution in [2.24, 2.45) is 5.92 Å². The van der Waals surface area contributed by atoms with Crippen LogP contribution in [0.1, 0.15) is 56.5 Å². The van der Waals surface area contributed by atoms with Crippen LogP contribution >= 0.6 is 0 Å². The summed E-state index contributed by atoms with van der Waals surface area (Å²) >= 11 is 0. The molecule has 2 aromatic rings. The first-order valence-electron chi connectivity index (χ1n) is 9.88. The van der Waals surface area contributed by atoms with Crippen LogP contribution in [0, 0.1) is 19.8 Å². The summed E-state index contributed by atoms with van der Waals surface area (Å²) in [5.74, 6) is 0.557. The van der Waals surface area contributed by atoms with E-state index in [1.165, 1.54) is 11.2 Å². The van der Waals surface area contributed by atoms with Crippen LogP contribution in [0.5, 0.6) is 0 Å². The molecule has 3 rings (SSSR count). The first-order chi connectivity index (χ1) is 13.5. The van der Waals surface area contributed by atoms with Crippen molar-refractivity contribution in [1.82, 2.24) is 13.5 Å². The number of sulfonamides is 1. The molecule has 0 N–H and O–H groups in total. The van der Waals surface area contributed by atoms with Crippen LogP contribution in [-0.4, -0.2) is 43.4 Å². The molecule has 1 atom stereocenters. The van der Waals surface area contributed by atoms with Gasteiger partial charge in [0.25, 0.3) is 10.0 Å². The minimum atomic E-state index is -3.99. The van der Waals surface area contributed by atoms with E-state index in [1.54, 1.807) is 31.2 Å². The van der Waals surface area contributed by atoms with E-state index >= 15 is 0 Å². The molecule has 9 heteroatoms. The zero-order valence-corrected chi connectivity index (χ0v) is 19.2. The Balaban J connectivity index is 2.05. The molecule has 0 bridgehead atoms. The third kappa shape index (κ3) is 4.00. The molecule has 0 unspecified atom stereocenters. The van der Waals surface area contributed by atoms with Crippen LogP contribution in [0.2, 0.25) is 0 Å². The van der Waals surface area contributed by atoms with Crippen molar-refractivity contribution in [2.75, 3.05) is 13.1 Å². The van der Waals surface area contributed by atoms with Crippen molar-refractivity contribution in [3.63, 3.8) is 0 Å². The Morgan fingerprint density at radius 2 is 1.66 bits per heavy atom. The van der Waals surface area contributed by atoms with Crippen LogP contribution in [0.3, 0.4) is 0 Å². The molecule has 1 aliphatic rings. The highest BCUT2D eigenvalue weighted by Crippen LogP contribution is 2.29. The van der Waals surface area contributed by atoms with E-state index in [2.05, 4.69) is 5.10 Å². The van der Waals surface area contributed by atoms with Crippen molar-refractivity contribution >= 4 is 20.0 Å². The highest BCUT2D eigenvalue weighted by molar-refractivity contribution is 7.90. The number of hydrogen-bond donors (Lipinski definition) is 0. The molecule has 0 aliphatic carbocycles. The van der Waals surface area contributed by atoms with Gasteiger partial charge in [0.2, 0.25) is 10.0 Å². The average molecular weight is 440 g/mol. The fraction of sp³-hybridized carbons (Fsp3) is 0.550. The molecule has 1 aromatic carbocycles. The second kappa shape index (κ2) is 7.85. The van der Waals surface area contributed by atoms with Gasteiger partial charge in [-0.25, -0.2) is 8.42 Å². The van der Waals surface area contributed by atoms with E-state index in [9.17, 15) is 16.8 Å². The molecule has 0 spiro atoms. The largest absolute Gasteiger partial charge is 0.283 e. The standard InChI is InChI=1S/C20H29N3O4S2/c1-14(2)18-8-10-19(11-9-18)28(24,25)23-17(5)20(16(4)21-23)29(26,27)22-12-6-7-15(3)13-22/h8-11,14-15H,6-7,12-13H2,1-5H3/t15-/m0/s1. The van der Waals surface area contributed by atoms with Crippen molar-refractivity contribution in [2.45, 2.75) is 63.2 Å². The van der Waals surface area contributed by atoms with Gasteiger partial charge in [0, 0.05) is 13.1 Å². The molecule has 0 amide bonds. The van der Waals surface area contributed by atoms with Gasteiger partial charge >= 0.3 is 0 Å². The fourth-order valence-corrected chi connectivity index (χ4v) is 7.20. The number of piperidine rings is 1. The molecule has 1 saturated heterocycles. The normalized spacial score (nSPS) is 19.0. The van der Waals surface area contributed by atoms with Crippen molar-refractivity contribution in [3.05, 3.63) is 41.2 Å². The van der Waals surface area contributed by atoms with Gasteiger partial charge in [-0.05, 0) is 56.2 Å². The molecule has 2 heterocycles. The topological polar surface area (TPSA) is 89.3 Å². The number of aromatic nitrogens is 2. The van der Waals surface area contributed by atoms with Gasteiger partial charge < -0.3 is 0 Å². The first kappa shape index (κ1) is 22.0. The molecule has 7 nitrogen and oxygen atoms in total. The average Bonchev–Trinajstić information content (AvgIpc) is 2.97. The number of aryl methyl sites for hydroxylation is 1. The predicted molar refractivity (Wildman–Crippen MR) is 112 cm³/mol. The maximum absolute atomic E-state index is 13.2. The lowest BCUT2D eigenvalue weighted by atomic mass is 10.0. The van der Waals surface area contributed by atoms with Gasteiger partial charge in [0.1, 0.15) is 4.90 Å². The quantitative estimate of drug-likeness (QED) is 0.713. The summed E-state index contributed by atoms with van der Waals surface area (Å²) in [5, 5.41) is 4.12. The van der Waals surface area contributed by atoms with E-state index in [0.29, 0.717) is 13.1 Å². The van der Waals surface area contributed by atoms with Gasteiger partial charge in [-0.3, -0.25) is 0 Å². The highest BCUT2D eigenvalue weighted by Gasteiger charge is 2.35. The summed E-state index contributed by atoms with van der Waals surface area (Å²) in [5.41, 5.74) is 1.34. The molecular weight excluding hydrogens is 410 g/mol. The van der Waals surface area contributed by atoms with Crippen LogP contribution < -0.4 is 0 Å². The van der Waals surface area contributed by atoms with Crippen molar-refractivity contribution < 1.29 is 16.8 Å². The minimum Gasteiger partial charge on any atom is -0.207 e. The smallest absolute Gasteiger partial charge is 0.207 e. The summed E-state index contributed by atoms with van der Waals surface area (Å²) < 4.78 is 55.1. The monoisotopic (exact) mass is 439 g/mol. The van der Waals surface area contributed by atoms with E-state index in [0.717, 1.165) is 22.5 Å². The lowest BCUT2D eigenvalue weighted by Crippen LogP contribution is -2.39. The Hall–Kier alpha value is -1.71. The fourth-order valence-electron chi connectivity index (χ4n) is 3.83. The van der Waals surface area contributed by atoms with Crippen LogP contribution in [0.25, 0.3) is 0 Å². The first-order valence-corrected chi connectivity index (χ1v) is 12.8. The van der Waals surface area contributed by atoms with E-state index in [1.807, 2.05) is 20.8 Å². The van der Waals surface area contributed by atoms with Crippen LogP contribution in [0.15, 0.2) is 34.1 Å². The number of rotatable bonds is 5. The zero-order valence-electron chi connectivity index (χ0n) is 17.6. The summed E-state index contributed by atoms with van der Waals surface area (Å²) in [6, 6.07) is 6.63. The van der Waals surface area contributed by atoms with E-state index in [-0.39, 0.29) is 33.0 Å². The minimum absolute atomic E-state index is 0.00558. The molecule has 1 aliphatic heterocycles.